The quantitative estimate of drug-likeness (QED) is 0.115. The van der Waals surface area contributed by atoms with E-state index in [-0.39, 0.29) is 0 Å². The van der Waals surface area contributed by atoms with Crippen LogP contribution in [-0.2, 0) is 0 Å². The number of benzene rings is 8. The van der Waals surface area contributed by atoms with Gasteiger partial charge in [0.25, 0.3) is 0 Å². The van der Waals surface area contributed by atoms with Crippen LogP contribution in [0.4, 0.5) is 34.1 Å². The highest BCUT2D eigenvalue weighted by molar-refractivity contribution is 6.89. The van der Waals surface area contributed by atoms with Crippen LogP contribution in [0.25, 0.3) is 32.3 Å². The molecule has 262 valence electrons. The molecule has 0 aromatic heterocycles. The van der Waals surface area contributed by atoms with Gasteiger partial charge in [-0.1, -0.05) is 110 Å². The van der Waals surface area contributed by atoms with E-state index >= 15 is 0 Å². The van der Waals surface area contributed by atoms with Gasteiger partial charge in [0.1, 0.15) is 0 Å². The maximum atomic E-state index is 9.63. The van der Waals surface area contributed by atoms with Gasteiger partial charge in [0.15, 0.2) is 0 Å². The van der Waals surface area contributed by atoms with Crippen LogP contribution in [-0.4, -0.2) is 16.1 Å². The Hall–Kier alpha value is -6.19. The summed E-state index contributed by atoms with van der Waals surface area (Å²) in [6.45, 7) is 14.3. The molecule has 0 bridgehead atoms. The van der Waals surface area contributed by atoms with Crippen molar-refractivity contribution in [3.05, 3.63) is 157 Å². The number of anilines is 6. The fourth-order valence-electron chi connectivity index (χ4n) is 7.61. The second-order valence-electron chi connectivity index (χ2n) is 16.2. The summed E-state index contributed by atoms with van der Waals surface area (Å²) in [4.78, 5) is 4.70. The van der Waals surface area contributed by atoms with Gasteiger partial charge in [-0.3, -0.25) is 0 Å². The summed E-state index contributed by atoms with van der Waals surface area (Å²) in [6, 6.07) is 56.4. The Morgan fingerprint density at radius 3 is 1.13 bits per heavy atom. The summed E-state index contributed by atoms with van der Waals surface area (Å²) in [7, 11) is -3.23. The standard InChI is InChI=1S/C48H42N4Si2/c1-53(2,3)41-11-7-9-39(29-41)51(37-21-13-33(31-49)14-22-37)45-27-19-35-18-26-44-46(28-20-36-17-25-43(45)47(35)48(36)44)52(38-23-15-34(32-50)16-24-38)40-10-8-12-42(30-40)54(4,5)6/h7-30H,1-6H3. The van der Waals surface area contributed by atoms with E-state index < -0.39 is 16.1 Å². The normalized spacial score (nSPS) is 11.9. The third-order valence-corrected chi connectivity index (χ3v) is 14.6. The smallest absolute Gasteiger partial charge is 0.0991 e. The van der Waals surface area contributed by atoms with Gasteiger partial charge in [-0.05, 0) is 106 Å². The van der Waals surface area contributed by atoms with Crippen molar-refractivity contribution in [1.82, 2.24) is 0 Å². The number of hydrogen-bond donors (Lipinski definition) is 0. The second kappa shape index (κ2) is 13.3. The Bertz CT molecular complexity index is 2570. The first kappa shape index (κ1) is 34.9. The Balaban J connectivity index is 1.39. The fraction of sp³-hybridized carbons (Fsp3) is 0.125. The molecule has 0 atom stereocenters. The lowest BCUT2D eigenvalue weighted by Gasteiger charge is -2.30. The summed E-state index contributed by atoms with van der Waals surface area (Å²) in [6.07, 6.45) is 0. The molecular weight excluding hydrogens is 689 g/mol. The van der Waals surface area contributed by atoms with Crippen LogP contribution in [0.3, 0.4) is 0 Å². The van der Waals surface area contributed by atoms with Gasteiger partial charge >= 0.3 is 0 Å². The molecule has 0 saturated carbocycles. The highest BCUT2D eigenvalue weighted by atomic mass is 28.3. The Morgan fingerprint density at radius 1 is 0.407 bits per heavy atom. The zero-order chi connectivity index (χ0) is 37.8. The minimum Gasteiger partial charge on any atom is -0.310 e. The van der Waals surface area contributed by atoms with Crippen molar-refractivity contribution in [2.45, 2.75) is 39.3 Å². The number of rotatable bonds is 8. The summed E-state index contributed by atoms with van der Waals surface area (Å²) in [5, 5.41) is 29.2. The van der Waals surface area contributed by atoms with Crippen LogP contribution in [0, 0.1) is 22.7 Å². The molecule has 0 aliphatic rings. The summed E-state index contributed by atoms with van der Waals surface area (Å²) >= 11 is 0. The molecule has 6 heteroatoms. The van der Waals surface area contributed by atoms with Crippen LogP contribution < -0.4 is 20.2 Å². The molecule has 0 heterocycles. The highest BCUT2D eigenvalue weighted by Crippen LogP contribution is 2.47. The van der Waals surface area contributed by atoms with Gasteiger partial charge < -0.3 is 9.80 Å². The van der Waals surface area contributed by atoms with E-state index in [4.69, 9.17) is 0 Å². The predicted octanol–water partition coefficient (Wildman–Crippen LogP) is 12.4. The molecule has 8 aromatic carbocycles. The monoisotopic (exact) mass is 730 g/mol. The second-order valence-corrected chi connectivity index (χ2v) is 26.3. The maximum Gasteiger partial charge on any atom is 0.0991 e. The molecular formula is C48H42N4Si2. The van der Waals surface area contributed by atoms with Crippen LogP contribution >= 0.6 is 0 Å². The van der Waals surface area contributed by atoms with Gasteiger partial charge in [0.05, 0.1) is 50.8 Å². The van der Waals surface area contributed by atoms with Crippen molar-refractivity contribution < 1.29 is 0 Å². The molecule has 0 saturated heterocycles. The van der Waals surface area contributed by atoms with Gasteiger partial charge in [-0.2, -0.15) is 10.5 Å². The van der Waals surface area contributed by atoms with Crippen LogP contribution in [0.1, 0.15) is 11.1 Å². The summed E-state index contributed by atoms with van der Waals surface area (Å²) in [5.41, 5.74) is 7.67. The molecule has 0 aliphatic carbocycles. The molecule has 0 fully saturated rings. The van der Waals surface area contributed by atoms with Crippen molar-refractivity contribution in [2.24, 2.45) is 0 Å². The van der Waals surface area contributed by atoms with Gasteiger partial charge in [0, 0.05) is 33.5 Å². The van der Waals surface area contributed by atoms with Crippen LogP contribution in [0.5, 0.6) is 0 Å². The van der Waals surface area contributed by atoms with Gasteiger partial charge in [-0.15, -0.1) is 0 Å². The zero-order valence-electron chi connectivity index (χ0n) is 31.6. The van der Waals surface area contributed by atoms with E-state index in [0.717, 1.165) is 44.9 Å². The molecule has 4 nitrogen and oxygen atoms in total. The first-order valence-corrected chi connectivity index (χ1v) is 25.5. The molecule has 0 unspecified atom stereocenters. The molecule has 54 heavy (non-hydrogen) atoms. The van der Waals surface area contributed by atoms with Gasteiger partial charge in [-0.25, -0.2) is 0 Å². The summed E-state index contributed by atoms with van der Waals surface area (Å²) < 4.78 is 0. The van der Waals surface area contributed by atoms with Crippen molar-refractivity contribution in [2.75, 3.05) is 9.80 Å². The number of nitrogens with zero attached hydrogens (tertiary/aromatic N) is 4. The van der Waals surface area contributed by atoms with Crippen LogP contribution in [0.15, 0.2) is 146 Å². The van der Waals surface area contributed by atoms with E-state index in [1.54, 1.807) is 0 Å². The highest BCUT2D eigenvalue weighted by Gasteiger charge is 2.24. The number of nitriles is 2. The molecule has 0 amide bonds. The largest absolute Gasteiger partial charge is 0.310 e. The molecule has 0 spiro atoms. The molecule has 8 aromatic rings. The molecule has 8 rings (SSSR count). The average Bonchev–Trinajstić information content (AvgIpc) is 3.18. The number of hydrogen-bond acceptors (Lipinski definition) is 4. The van der Waals surface area contributed by atoms with E-state index in [1.807, 2.05) is 24.3 Å². The zero-order valence-corrected chi connectivity index (χ0v) is 33.6. The van der Waals surface area contributed by atoms with Crippen molar-refractivity contribution in [3.63, 3.8) is 0 Å². The van der Waals surface area contributed by atoms with Crippen molar-refractivity contribution >= 4 is 93.0 Å². The third kappa shape index (κ3) is 6.20. The minimum absolute atomic E-state index is 0.639. The first-order valence-electron chi connectivity index (χ1n) is 18.5. The fourth-order valence-corrected chi connectivity index (χ4v) is 9.96. The minimum atomic E-state index is -1.61. The third-order valence-electron chi connectivity index (χ3n) is 10.6. The van der Waals surface area contributed by atoms with Crippen molar-refractivity contribution in [1.29, 1.82) is 10.5 Å². The molecule has 0 radical (unpaired) electrons. The summed E-state index contributed by atoms with van der Waals surface area (Å²) in [5.74, 6) is 0. The average molecular weight is 731 g/mol. The van der Waals surface area contributed by atoms with E-state index in [0.29, 0.717) is 11.1 Å². The van der Waals surface area contributed by atoms with Crippen LogP contribution in [0.2, 0.25) is 39.3 Å². The van der Waals surface area contributed by atoms with Crippen molar-refractivity contribution in [3.8, 4) is 12.1 Å². The van der Waals surface area contributed by atoms with E-state index in [1.165, 1.54) is 31.9 Å². The topological polar surface area (TPSA) is 54.1 Å². The molecule has 0 N–H and O–H groups in total. The SMILES string of the molecule is C[Si](C)(C)c1cccc(N(c2ccc(C#N)cc2)c2ccc3ccc4c(N(c5ccc(C#N)cc5)c5cccc([Si](C)(C)C)c5)ccc5ccc2c3c54)c1. The lowest BCUT2D eigenvalue weighted by Crippen LogP contribution is -2.37. The Morgan fingerprint density at radius 2 is 0.778 bits per heavy atom. The van der Waals surface area contributed by atoms with E-state index in [9.17, 15) is 10.5 Å². The van der Waals surface area contributed by atoms with Gasteiger partial charge in [0.2, 0.25) is 0 Å². The predicted molar refractivity (Wildman–Crippen MR) is 235 cm³/mol. The Labute approximate surface area is 320 Å². The lowest BCUT2D eigenvalue weighted by atomic mass is 9.91. The van der Waals surface area contributed by atoms with E-state index in [2.05, 4.69) is 183 Å². The maximum absolute atomic E-state index is 9.63. The lowest BCUT2D eigenvalue weighted by molar-refractivity contribution is 1.29. The first-order chi connectivity index (χ1) is 25.9. The molecule has 0 aliphatic heterocycles. The Kier molecular flexibility index (Phi) is 8.62.